The molecule has 0 aliphatic carbocycles. The molecule has 7 aliphatic heterocycles. The van der Waals surface area contributed by atoms with Crippen molar-refractivity contribution in [3.63, 3.8) is 0 Å². The molecule has 0 aromatic rings. The van der Waals surface area contributed by atoms with Crippen LogP contribution >= 0.6 is 0 Å². The number of carboxylic acids is 1. The molecule has 13 nitrogen and oxygen atoms in total. The van der Waals surface area contributed by atoms with Crippen LogP contribution in [0.2, 0.25) is 0 Å². The minimum atomic E-state index is -1.96. The zero-order valence-electron chi connectivity index (χ0n) is 34.6. The number of fused-ring (bicyclic) bond motifs is 1. The predicted octanol–water partition coefficient (Wildman–Crippen LogP) is 5.21. The second-order valence-corrected chi connectivity index (χ2v) is 18.9. The lowest BCUT2D eigenvalue weighted by molar-refractivity contribution is -0.321. The van der Waals surface area contributed by atoms with Gasteiger partial charge in [-0.2, -0.15) is 0 Å². The smallest absolute Gasteiger partial charge is 0.335 e. The molecule has 7 heterocycles. The van der Waals surface area contributed by atoms with E-state index in [2.05, 4.69) is 26.5 Å². The minimum absolute atomic E-state index is 0.0423. The van der Waals surface area contributed by atoms with Gasteiger partial charge < -0.3 is 58.7 Å². The molecule has 0 unspecified atom stereocenters. The van der Waals surface area contributed by atoms with E-state index in [4.69, 9.17) is 33.2 Å². The van der Waals surface area contributed by atoms with E-state index in [9.17, 15) is 30.3 Å². The van der Waals surface area contributed by atoms with Gasteiger partial charge in [-0.05, 0) is 95.1 Å². The summed E-state index contributed by atoms with van der Waals surface area (Å²) >= 11 is 0. The van der Waals surface area contributed by atoms with Crippen molar-refractivity contribution >= 4 is 5.97 Å². The van der Waals surface area contributed by atoms with E-state index in [1.54, 1.807) is 6.08 Å². The van der Waals surface area contributed by atoms with Gasteiger partial charge in [-0.1, -0.05) is 45.1 Å². The Kier molecular flexibility index (Phi) is 12.9. The lowest BCUT2D eigenvalue weighted by atomic mass is 9.79. The largest absolute Gasteiger partial charge is 0.479 e. The summed E-state index contributed by atoms with van der Waals surface area (Å²) in [6, 6.07) is 0. The van der Waals surface area contributed by atoms with Crippen LogP contribution in [-0.4, -0.2) is 122 Å². The maximum atomic E-state index is 11.6. The Balaban J connectivity index is 0.920. The molecule has 17 atom stereocenters. The van der Waals surface area contributed by atoms with Crippen molar-refractivity contribution in [2.45, 2.75) is 209 Å². The highest BCUT2D eigenvalue weighted by Crippen LogP contribution is 2.47. The maximum Gasteiger partial charge on any atom is 0.335 e. The molecule has 0 amide bonds. The quantitative estimate of drug-likeness (QED) is 0.182. The molecule has 322 valence electrons. The van der Waals surface area contributed by atoms with E-state index in [0.29, 0.717) is 56.4 Å². The highest BCUT2D eigenvalue weighted by Gasteiger charge is 2.55. The molecule has 0 aromatic heterocycles. The number of aliphatic hydroxyl groups excluding tert-OH is 3. The highest BCUT2D eigenvalue weighted by atomic mass is 16.7. The van der Waals surface area contributed by atoms with Crippen molar-refractivity contribution in [3.8, 4) is 0 Å². The van der Waals surface area contributed by atoms with Crippen LogP contribution in [0.5, 0.6) is 0 Å². The molecular formula is C44H68O13. The first kappa shape index (κ1) is 43.3. The van der Waals surface area contributed by atoms with Crippen molar-refractivity contribution in [3.05, 3.63) is 36.0 Å². The van der Waals surface area contributed by atoms with E-state index < -0.39 is 71.7 Å². The zero-order valence-corrected chi connectivity index (χ0v) is 34.6. The van der Waals surface area contributed by atoms with Gasteiger partial charge in [-0.25, -0.2) is 4.79 Å². The van der Waals surface area contributed by atoms with Crippen LogP contribution < -0.4 is 0 Å². The van der Waals surface area contributed by atoms with Gasteiger partial charge in [0, 0.05) is 38.0 Å². The molecule has 0 radical (unpaired) electrons. The third kappa shape index (κ3) is 9.15. The van der Waals surface area contributed by atoms with Gasteiger partial charge in [-0.15, -0.1) is 0 Å². The number of ether oxygens (including phenoxy) is 7. The zero-order chi connectivity index (χ0) is 40.9. The van der Waals surface area contributed by atoms with Gasteiger partial charge in [0.2, 0.25) is 5.79 Å². The molecule has 5 N–H and O–H groups in total. The van der Waals surface area contributed by atoms with Gasteiger partial charge in [0.05, 0.1) is 43.2 Å². The van der Waals surface area contributed by atoms with E-state index in [1.165, 1.54) is 6.92 Å². The Morgan fingerprint density at radius 3 is 2.49 bits per heavy atom. The number of carbonyl (C=O) groups is 1. The van der Waals surface area contributed by atoms with Crippen LogP contribution in [0.3, 0.4) is 0 Å². The van der Waals surface area contributed by atoms with E-state index >= 15 is 0 Å². The molecule has 6 fully saturated rings. The molecule has 57 heavy (non-hydrogen) atoms. The normalized spacial score (nSPS) is 45.4. The lowest BCUT2D eigenvalue weighted by Gasteiger charge is -2.50. The topological polar surface area (TPSA) is 183 Å². The van der Waals surface area contributed by atoms with E-state index in [0.717, 1.165) is 50.7 Å². The van der Waals surface area contributed by atoms with Gasteiger partial charge in [0.15, 0.2) is 17.2 Å². The molecule has 0 bridgehead atoms. The minimum Gasteiger partial charge on any atom is -0.479 e. The molecule has 7 rings (SSSR count). The van der Waals surface area contributed by atoms with Gasteiger partial charge in [0.1, 0.15) is 24.4 Å². The monoisotopic (exact) mass is 804 g/mol. The van der Waals surface area contributed by atoms with Crippen LogP contribution in [0, 0.1) is 17.8 Å². The summed E-state index contributed by atoms with van der Waals surface area (Å²) in [5.74, 6) is -3.82. The first-order valence-corrected chi connectivity index (χ1v) is 21.7. The van der Waals surface area contributed by atoms with Crippen molar-refractivity contribution in [2.24, 2.45) is 17.8 Å². The van der Waals surface area contributed by atoms with Crippen LogP contribution in [-0.2, 0) is 38.0 Å². The Labute approximate surface area is 337 Å². The second kappa shape index (κ2) is 17.0. The van der Waals surface area contributed by atoms with Crippen molar-refractivity contribution in [2.75, 3.05) is 6.61 Å². The standard InChI is InChI=1S/C44H68O13/c1-25-21-34(55-44(23-25)35(46)12-11-31(54-44)24-41(6,50)40(48)49)26(2)9-10-30-14-18-43(53-30)19-15-33-39(57-43)36(47)29(5)38(52-33)32(45)22-28(4)37-27(3)13-17-42(56-37)16-7-8-20-51-42/h9-10,23,26-28,30-39,45-47,50H,5,7-8,11-22,24H2,1-4,6H3,(H,48,49)/b10-9+/t26-,27-,28+,30-,31-,32+,33-,34-,35+,36+,37-,38-,39+,41-,42-,43+,44+/m1/s1. The fourth-order valence-corrected chi connectivity index (χ4v) is 10.5. The fourth-order valence-electron chi connectivity index (χ4n) is 10.5. The average molecular weight is 805 g/mol. The molecular weight excluding hydrogens is 736 g/mol. The van der Waals surface area contributed by atoms with Crippen molar-refractivity contribution in [1.29, 1.82) is 0 Å². The van der Waals surface area contributed by atoms with Gasteiger partial charge in [-0.3, -0.25) is 0 Å². The Morgan fingerprint density at radius 2 is 1.75 bits per heavy atom. The number of rotatable bonds is 10. The Morgan fingerprint density at radius 1 is 1.00 bits per heavy atom. The molecule has 3 spiro atoms. The van der Waals surface area contributed by atoms with Crippen LogP contribution in [0.1, 0.15) is 125 Å². The molecule has 6 saturated heterocycles. The number of aliphatic hydroxyl groups is 4. The lowest BCUT2D eigenvalue weighted by Crippen LogP contribution is -2.60. The summed E-state index contributed by atoms with van der Waals surface area (Å²) in [4.78, 5) is 11.6. The number of carboxylic acid groups (broad SMARTS) is 1. The van der Waals surface area contributed by atoms with Crippen molar-refractivity contribution in [1.82, 2.24) is 0 Å². The first-order valence-electron chi connectivity index (χ1n) is 21.7. The third-order valence-corrected chi connectivity index (χ3v) is 14.0. The molecule has 0 saturated carbocycles. The maximum absolute atomic E-state index is 11.6. The number of hydrogen-bond acceptors (Lipinski definition) is 12. The summed E-state index contributed by atoms with van der Waals surface area (Å²) in [5, 5.41) is 54.0. The Bertz CT molecular complexity index is 1510. The number of aliphatic carboxylic acids is 1. The summed E-state index contributed by atoms with van der Waals surface area (Å²) in [5.41, 5.74) is -0.551. The van der Waals surface area contributed by atoms with Crippen molar-refractivity contribution < 1.29 is 63.5 Å². The van der Waals surface area contributed by atoms with E-state index in [-0.39, 0.29) is 36.6 Å². The third-order valence-electron chi connectivity index (χ3n) is 14.0. The fraction of sp³-hybridized carbons (Fsp3) is 0.841. The SMILES string of the molecule is C=C1[C@H]([C@@H](O)C[C@H](C)[C@@H]2O[C@]3(CCCCO3)CC[C@H]2C)O[C@@H]2CC[C@]3(CC[C@@H](/C=C/[C@@H](C)[C@H]4CC(C)=C[C@]5(O[C@@H](C[C@@](C)(O)C(=O)O)CC[C@@H]5O)O4)O3)O[C@@H]2[C@H]1O. The first-order chi connectivity index (χ1) is 26.9. The molecule has 7 aliphatic rings. The van der Waals surface area contributed by atoms with Gasteiger partial charge in [0.25, 0.3) is 0 Å². The molecule has 13 heteroatoms. The van der Waals surface area contributed by atoms with E-state index in [1.807, 2.05) is 19.9 Å². The summed E-state index contributed by atoms with van der Waals surface area (Å²) < 4.78 is 45.2. The summed E-state index contributed by atoms with van der Waals surface area (Å²) in [7, 11) is 0. The van der Waals surface area contributed by atoms with Crippen LogP contribution in [0.25, 0.3) is 0 Å². The van der Waals surface area contributed by atoms with Crippen LogP contribution in [0.15, 0.2) is 36.0 Å². The average Bonchev–Trinajstić information content (AvgIpc) is 3.56. The highest BCUT2D eigenvalue weighted by molar-refractivity contribution is 5.76. The Hall–Kier alpha value is -1.75. The van der Waals surface area contributed by atoms with Crippen LogP contribution in [0.4, 0.5) is 0 Å². The second-order valence-electron chi connectivity index (χ2n) is 18.9. The summed E-state index contributed by atoms with van der Waals surface area (Å²) in [6.07, 6.45) is 9.37. The molecule has 0 aromatic carbocycles. The number of hydrogen-bond donors (Lipinski definition) is 5. The predicted molar refractivity (Wildman–Crippen MR) is 208 cm³/mol. The summed E-state index contributed by atoms with van der Waals surface area (Å²) in [6.45, 7) is 14.5. The van der Waals surface area contributed by atoms with Gasteiger partial charge >= 0.3 is 5.97 Å².